The summed E-state index contributed by atoms with van der Waals surface area (Å²) in [5, 5.41) is 15.1. The Morgan fingerprint density at radius 1 is 1.03 bits per heavy atom. The summed E-state index contributed by atoms with van der Waals surface area (Å²) in [6.07, 6.45) is 3.01. The van der Waals surface area contributed by atoms with Gasteiger partial charge in [0, 0.05) is 0 Å². The molecule has 6 nitrogen and oxygen atoms in total. The van der Waals surface area contributed by atoms with Crippen LogP contribution in [-0.4, -0.2) is 24.2 Å². The van der Waals surface area contributed by atoms with Gasteiger partial charge in [0.25, 0.3) is 0 Å². The molecule has 3 N–H and O–H groups in total. The number of hydrogen-bond acceptors (Lipinski definition) is 3. The number of methoxy groups -OCH3 is 1. The van der Waals surface area contributed by atoms with Crippen LogP contribution >= 0.6 is 11.6 Å². The van der Waals surface area contributed by atoms with E-state index in [2.05, 4.69) is 10.6 Å². The smallest absolute Gasteiger partial charge is 0.323 e. The molecule has 0 aliphatic heterocycles. The van der Waals surface area contributed by atoms with E-state index < -0.39 is 12.0 Å². The number of benzene rings is 2. The van der Waals surface area contributed by atoms with Crippen molar-refractivity contribution in [2.75, 3.05) is 17.7 Å². The predicted molar refractivity (Wildman–Crippen MR) is 114 cm³/mol. The van der Waals surface area contributed by atoms with Gasteiger partial charge in [-0.3, -0.25) is 4.79 Å². The molecule has 0 spiro atoms. The van der Waals surface area contributed by atoms with Crippen LogP contribution in [0.15, 0.2) is 36.4 Å². The van der Waals surface area contributed by atoms with E-state index in [0.717, 1.165) is 24.0 Å². The van der Waals surface area contributed by atoms with Gasteiger partial charge in [0.05, 0.1) is 29.4 Å². The highest BCUT2D eigenvalue weighted by Gasteiger charge is 2.27. The molecule has 0 bridgehead atoms. The van der Waals surface area contributed by atoms with Crippen LogP contribution in [0.2, 0.25) is 5.02 Å². The molecule has 0 radical (unpaired) electrons. The minimum Gasteiger partial charge on any atom is -0.495 e. The van der Waals surface area contributed by atoms with Crippen molar-refractivity contribution in [3.8, 4) is 5.75 Å². The number of rotatable bonds is 5. The molecule has 1 saturated carbocycles. The normalized spacial score (nSPS) is 18.7. The third-order valence-electron chi connectivity index (χ3n) is 5.39. The van der Waals surface area contributed by atoms with Crippen LogP contribution in [0.1, 0.15) is 42.7 Å². The standard InChI is InChI=1S/C22H25ClN2O4/c1-13-3-10-20(29-2)19(11-13)25-22(28)24-18-9-8-16(12-17(18)23)14-4-6-15(7-5-14)21(26)27/h3,8-12,14-15H,4-7H2,1-2H3,(H,26,27)(H2,24,25,28). The Kier molecular flexibility index (Phi) is 6.64. The monoisotopic (exact) mass is 416 g/mol. The topological polar surface area (TPSA) is 87.7 Å². The predicted octanol–water partition coefficient (Wildman–Crippen LogP) is 5.66. The highest BCUT2D eigenvalue weighted by atomic mass is 35.5. The average molecular weight is 417 g/mol. The Labute approximate surface area is 175 Å². The number of carboxylic acids is 1. The maximum absolute atomic E-state index is 12.4. The summed E-state index contributed by atoms with van der Waals surface area (Å²) >= 11 is 6.40. The molecule has 0 heterocycles. The molecule has 1 fully saturated rings. The summed E-state index contributed by atoms with van der Waals surface area (Å²) in [6, 6.07) is 10.7. The number of carbonyl (C=O) groups is 2. The summed E-state index contributed by atoms with van der Waals surface area (Å²) < 4.78 is 5.28. The molecule has 0 saturated heterocycles. The van der Waals surface area contributed by atoms with Gasteiger partial charge in [-0.1, -0.05) is 23.7 Å². The maximum Gasteiger partial charge on any atom is 0.323 e. The molecule has 0 aromatic heterocycles. The molecule has 2 aromatic rings. The molecule has 0 unspecified atom stereocenters. The number of carboxylic acid groups (broad SMARTS) is 1. The number of urea groups is 1. The van der Waals surface area contributed by atoms with Gasteiger partial charge in [0.1, 0.15) is 5.75 Å². The second-order valence-corrected chi connectivity index (χ2v) is 7.82. The van der Waals surface area contributed by atoms with Gasteiger partial charge in [-0.05, 0) is 73.9 Å². The third kappa shape index (κ3) is 5.21. The van der Waals surface area contributed by atoms with Gasteiger partial charge in [0.2, 0.25) is 0 Å². The van der Waals surface area contributed by atoms with Gasteiger partial charge < -0.3 is 20.5 Å². The molecule has 2 amide bonds. The van der Waals surface area contributed by atoms with Crippen LogP contribution in [0.25, 0.3) is 0 Å². The summed E-state index contributed by atoms with van der Waals surface area (Å²) in [4.78, 5) is 23.5. The summed E-state index contributed by atoms with van der Waals surface area (Å²) in [6.45, 7) is 1.93. The first-order valence-corrected chi connectivity index (χ1v) is 10.00. The Bertz CT molecular complexity index is 908. The zero-order valence-electron chi connectivity index (χ0n) is 16.5. The van der Waals surface area contributed by atoms with Crippen molar-refractivity contribution in [3.63, 3.8) is 0 Å². The minimum absolute atomic E-state index is 0.245. The number of hydrogen-bond donors (Lipinski definition) is 3. The first-order valence-electron chi connectivity index (χ1n) is 9.62. The molecule has 0 atom stereocenters. The average Bonchev–Trinajstić information content (AvgIpc) is 2.70. The number of anilines is 2. The van der Waals surface area contributed by atoms with E-state index in [1.165, 1.54) is 0 Å². The van der Waals surface area contributed by atoms with Gasteiger partial charge in [-0.25, -0.2) is 4.79 Å². The summed E-state index contributed by atoms with van der Waals surface area (Å²) in [5.74, 6) is -0.0889. The lowest BCUT2D eigenvalue weighted by Crippen LogP contribution is -2.21. The molecule has 1 aliphatic carbocycles. The number of aliphatic carboxylic acids is 1. The van der Waals surface area contributed by atoms with Crippen molar-refractivity contribution in [3.05, 3.63) is 52.5 Å². The van der Waals surface area contributed by atoms with Crippen LogP contribution in [0.3, 0.4) is 0 Å². The Hall–Kier alpha value is -2.73. The Balaban J connectivity index is 1.64. The SMILES string of the molecule is COc1ccc(C)cc1NC(=O)Nc1ccc(C2CCC(C(=O)O)CC2)cc1Cl. The van der Waals surface area contributed by atoms with Crippen LogP contribution in [0.4, 0.5) is 16.2 Å². The minimum atomic E-state index is -0.711. The van der Waals surface area contributed by atoms with E-state index in [4.69, 9.17) is 21.4 Å². The van der Waals surface area contributed by atoms with E-state index in [9.17, 15) is 9.59 Å². The van der Waals surface area contributed by atoms with E-state index in [1.807, 2.05) is 31.2 Å². The number of ether oxygens (including phenoxy) is 1. The number of nitrogens with one attached hydrogen (secondary N) is 2. The van der Waals surface area contributed by atoms with E-state index >= 15 is 0 Å². The molecule has 2 aromatic carbocycles. The highest BCUT2D eigenvalue weighted by molar-refractivity contribution is 6.33. The fraction of sp³-hybridized carbons (Fsp3) is 0.364. The molecule has 7 heteroatoms. The molecule has 3 rings (SSSR count). The van der Waals surface area contributed by atoms with Gasteiger partial charge >= 0.3 is 12.0 Å². The van der Waals surface area contributed by atoms with Crippen molar-refractivity contribution in [1.29, 1.82) is 0 Å². The van der Waals surface area contributed by atoms with Crippen molar-refractivity contribution < 1.29 is 19.4 Å². The molecule has 154 valence electrons. The quantitative estimate of drug-likeness (QED) is 0.586. The van der Waals surface area contributed by atoms with Crippen molar-refractivity contribution in [1.82, 2.24) is 0 Å². The van der Waals surface area contributed by atoms with Gasteiger partial charge in [-0.15, -0.1) is 0 Å². The fourth-order valence-electron chi connectivity index (χ4n) is 3.76. The van der Waals surface area contributed by atoms with Crippen LogP contribution in [0.5, 0.6) is 5.75 Å². The zero-order valence-corrected chi connectivity index (χ0v) is 17.3. The van der Waals surface area contributed by atoms with Crippen molar-refractivity contribution in [2.45, 2.75) is 38.5 Å². The largest absolute Gasteiger partial charge is 0.495 e. The Morgan fingerprint density at radius 3 is 2.34 bits per heavy atom. The van der Waals surface area contributed by atoms with Gasteiger partial charge in [-0.2, -0.15) is 0 Å². The first-order chi connectivity index (χ1) is 13.9. The van der Waals surface area contributed by atoms with Gasteiger partial charge in [0.15, 0.2) is 0 Å². The summed E-state index contributed by atoms with van der Waals surface area (Å²) in [5.41, 5.74) is 3.16. The molecular formula is C22H25ClN2O4. The van der Waals surface area contributed by atoms with Crippen LogP contribution in [-0.2, 0) is 4.79 Å². The zero-order chi connectivity index (χ0) is 21.0. The third-order valence-corrected chi connectivity index (χ3v) is 5.71. The lowest BCUT2D eigenvalue weighted by Gasteiger charge is -2.26. The maximum atomic E-state index is 12.4. The number of aryl methyl sites for hydroxylation is 1. The van der Waals surface area contributed by atoms with Crippen molar-refractivity contribution in [2.24, 2.45) is 5.92 Å². The second kappa shape index (κ2) is 9.18. The van der Waals surface area contributed by atoms with E-state index in [1.54, 1.807) is 19.2 Å². The number of carbonyl (C=O) groups excluding carboxylic acids is 1. The fourth-order valence-corrected chi connectivity index (χ4v) is 3.99. The van der Waals surface area contributed by atoms with E-state index in [-0.39, 0.29) is 5.92 Å². The lowest BCUT2D eigenvalue weighted by atomic mass is 9.79. The second-order valence-electron chi connectivity index (χ2n) is 7.41. The van der Waals surface area contributed by atoms with E-state index in [0.29, 0.717) is 40.9 Å². The Morgan fingerprint density at radius 2 is 1.72 bits per heavy atom. The summed E-state index contributed by atoms with van der Waals surface area (Å²) in [7, 11) is 1.55. The molecular weight excluding hydrogens is 392 g/mol. The first kappa shape index (κ1) is 21.0. The number of halogens is 1. The van der Waals surface area contributed by atoms with Crippen LogP contribution < -0.4 is 15.4 Å². The van der Waals surface area contributed by atoms with Crippen LogP contribution in [0, 0.1) is 12.8 Å². The molecule has 1 aliphatic rings. The van der Waals surface area contributed by atoms with Crippen molar-refractivity contribution >= 4 is 35.0 Å². The number of amides is 2. The molecule has 29 heavy (non-hydrogen) atoms. The lowest BCUT2D eigenvalue weighted by molar-refractivity contribution is -0.142. The highest BCUT2D eigenvalue weighted by Crippen LogP contribution is 2.38.